The standard InChI is InChI=1S/C11H15NO2/c13-11-4-2-1-3-9(11)8-14-10-5-6-12-7-10/h1-4,10,12-13H,5-8H2. The minimum absolute atomic E-state index is 0.301. The lowest BCUT2D eigenvalue weighted by molar-refractivity contribution is 0.0531. The third kappa shape index (κ3) is 2.25. The number of rotatable bonds is 3. The summed E-state index contributed by atoms with van der Waals surface area (Å²) >= 11 is 0. The van der Waals surface area contributed by atoms with Gasteiger partial charge in [-0.2, -0.15) is 0 Å². The van der Waals surface area contributed by atoms with Crippen molar-refractivity contribution in [2.45, 2.75) is 19.1 Å². The molecular weight excluding hydrogens is 178 g/mol. The molecule has 1 aliphatic rings. The van der Waals surface area contributed by atoms with Crippen LogP contribution in [0.4, 0.5) is 0 Å². The molecule has 0 bridgehead atoms. The summed E-state index contributed by atoms with van der Waals surface area (Å²) in [7, 11) is 0. The van der Waals surface area contributed by atoms with E-state index in [-0.39, 0.29) is 0 Å². The average Bonchev–Trinajstić information content (AvgIpc) is 2.69. The van der Waals surface area contributed by atoms with Gasteiger partial charge in [0.2, 0.25) is 0 Å². The lowest BCUT2D eigenvalue weighted by atomic mass is 10.2. The average molecular weight is 193 g/mol. The Morgan fingerprint density at radius 3 is 3.00 bits per heavy atom. The fraction of sp³-hybridized carbons (Fsp3) is 0.455. The molecule has 14 heavy (non-hydrogen) atoms. The second kappa shape index (κ2) is 4.44. The van der Waals surface area contributed by atoms with Crippen molar-refractivity contribution in [3.8, 4) is 5.75 Å². The van der Waals surface area contributed by atoms with Crippen LogP contribution in [0.3, 0.4) is 0 Å². The van der Waals surface area contributed by atoms with Gasteiger partial charge < -0.3 is 15.2 Å². The van der Waals surface area contributed by atoms with Crippen LogP contribution in [-0.2, 0) is 11.3 Å². The number of phenolic OH excluding ortho intramolecular Hbond substituents is 1. The van der Waals surface area contributed by atoms with E-state index in [1.807, 2.05) is 18.2 Å². The van der Waals surface area contributed by atoms with Crippen molar-refractivity contribution in [3.63, 3.8) is 0 Å². The molecule has 0 spiro atoms. The number of phenols is 1. The third-order valence-electron chi connectivity index (χ3n) is 2.48. The molecular formula is C11H15NO2. The Bertz CT molecular complexity index is 295. The number of hydrogen-bond donors (Lipinski definition) is 2. The van der Waals surface area contributed by atoms with E-state index in [1.165, 1.54) is 0 Å². The minimum atomic E-state index is 0.301. The normalized spacial score (nSPS) is 21.3. The summed E-state index contributed by atoms with van der Waals surface area (Å²) in [5, 5.41) is 12.7. The molecule has 0 radical (unpaired) electrons. The largest absolute Gasteiger partial charge is 0.508 e. The SMILES string of the molecule is Oc1ccccc1COC1CCNC1. The molecule has 1 unspecified atom stereocenters. The minimum Gasteiger partial charge on any atom is -0.508 e. The number of para-hydroxylation sites is 1. The van der Waals surface area contributed by atoms with E-state index in [2.05, 4.69) is 5.32 Å². The van der Waals surface area contributed by atoms with Gasteiger partial charge in [-0.1, -0.05) is 18.2 Å². The Hall–Kier alpha value is -1.06. The van der Waals surface area contributed by atoms with Gasteiger partial charge in [0.15, 0.2) is 0 Å². The molecule has 3 nitrogen and oxygen atoms in total. The fourth-order valence-electron chi connectivity index (χ4n) is 1.61. The topological polar surface area (TPSA) is 41.5 Å². The maximum atomic E-state index is 9.49. The quantitative estimate of drug-likeness (QED) is 0.759. The van der Waals surface area contributed by atoms with Gasteiger partial charge in [-0.3, -0.25) is 0 Å². The molecule has 2 N–H and O–H groups in total. The number of nitrogens with one attached hydrogen (secondary N) is 1. The molecule has 3 heteroatoms. The summed E-state index contributed by atoms with van der Waals surface area (Å²) in [6, 6.07) is 7.30. The second-order valence-corrected chi connectivity index (χ2v) is 3.55. The summed E-state index contributed by atoms with van der Waals surface area (Å²) in [5.74, 6) is 0.318. The van der Waals surface area contributed by atoms with E-state index < -0.39 is 0 Å². The van der Waals surface area contributed by atoms with E-state index in [1.54, 1.807) is 6.07 Å². The number of benzene rings is 1. The maximum absolute atomic E-state index is 9.49. The van der Waals surface area contributed by atoms with E-state index >= 15 is 0 Å². The maximum Gasteiger partial charge on any atom is 0.121 e. The van der Waals surface area contributed by atoms with Gasteiger partial charge in [-0.15, -0.1) is 0 Å². The first-order valence-corrected chi connectivity index (χ1v) is 4.95. The molecule has 0 saturated carbocycles. The zero-order valence-corrected chi connectivity index (χ0v) is 8.07. The van der Waals surface area contributed by atoms with Crippen molar-refractivity contribution in [2.24, 2.45) is 0 Å². The molecule has 1 aromatic carbocycles. The monoisotopic (exact) mass is 193 g/mol. The highest BCUT2D eigenvalue weighted by molar-refractivity contribution is 5.30. The van der Waals surface area contributed by atoms with E-state index in [9.17, 15) is 5.11 Å². The first-order valence-electron chi connectivity index (χ1n) is 4.95. The van der Waals surface area contributed by atoms with Crippen LogP contribution >= 0.6 is 0 Å². The predicted octanol–water partition coefficient (Wildman–Crippen LogP) is 1.27. The molecule has 1 atom stereocenters. The summed E-state index contributed by atoms with van der Waals surface area (Å²) in [4.78, 5) is 0. The van der Waals surface area contributed by atoms with Gasteiger partial charge in [0.1, 0.15) is 5.75 Å². The van der Waals surface area contributed by atoms with Gasteiger partial charge >= 0.3 is 0 Å². The highest BCUT2D eigenvalue weighted by Gasteiger charge is 2.14. The molecule has 1 saturated heterocycles. The van der Waals surface area contributed by atoms with Crippen LogP contribution in [0.15, 0.2) is 24.3 Å². The lowest BCUT2D eigenvalue weighted by Crippen LogP contribution is -2.16. The van der Waals surface area contributed by atoms with Crippen molar-refractivity contribution in [1.29, 1.82) is 0 Å². The highest BCUT2D eigenvalue weighted by atomic mass is 16.5. The van der Waals surface area contributed by atoms with Crippen molar-refractivity contribution < 1.29 is 9.84 Å². The van der Waals surface area contributed by atoms with E-state index in [0.717, 1.165) is 25.1 Å². The Kier molecular flexibility index (Phi) is 3.01. The molecule has 1 aromatic rings. The van der Waals surface area contributed by atoms with Crippen LogP contribution in [0, 0.1) is 0 Å². The van der Waals surface area contributed by atoms with E-state index in [4.69, 9.17) is 4.74 Å². The smallest absolute Gasteiger partial charge is 0.121 e. The zero-order chi connectivity index (χ0) is 9.80. The zero-order valence-electron chi connectivity index (χ0n) is 8.07. The summed E-state index contributed by atoms with van der Waals surface area (Å²) in [5.41, 5.74) is 0.861. The Morgan fingerprint density at radius 1 is 1.43 bits per heavy atom. The van der Waals surface area contributed by atoms with Gasteiger partial charge in [0.05, 0.1) is 12.7 Å². The third-order valence-corrected chi connectivity index (χ3v) is 2.48. The summed E-state index contributed by atoms with van der Waals surface area (Å²) < 4.78 is 5.65. The first kappa shape index (κ1) is 9.49. The molecule has 76 valence electrons. The fourth-order valence-corrected chi connectivity index (χ4v) is 1.61. The summed E-state index contributed by atoms with van der Waals surface area (Å²) in [6.45, 7) is 2.46. The number of hydrogen-bond acceptors (Lipinski definition) is 3. The van der Waals surface area contributed by atoms with Crippen LogP contribution in [0.1, 0.15) is 12.0 Å². The Morgan fingerprint density at radius 2 is 2.29 bits per heavy atom. The van der Waals surface area contributed by atoms with Crippen LogP contribution in [0.2, 0.25) is 0 Å². The Labute approximate surface area is 83.7 Å². The van der Waals surface area contributed by atoms with Gasteiger partial charge in [-0.05, 0) is 19.0 Å². The number of ether oxygens (including phenoxy) is 1. The van der Waals surface area contributed by atoms with E-state index in [0.29, 0.717) is 18.5 Å². The molecule has 2 rings (SSSR count). The van der Waals surface area contributed by atoms with Crippen LogP contribution < -0.4 is 5.32 Å². The molecule has 1 fully saturated rings. The summed E-state index contributed by atoms with van der Waals surface area (Å²) in [6.07, 6.45) is 1.36. The van der Waals surface area contributed by atoms with Crippen LogP contribution in [0.25, 0.3) is 0 Å². The van der Waals surface area contributed by atoms with Crippen LogP contribution in [-0.4, -0.2) is 24.3 Å². The molecule has 0 amide bonds. The van der Waals surface area contributed by atoms with Crippen molar-refractivity contribution >= 4 is 0 Å². The van der Waals surface area contributed by atoms with Gasteiger partial charge in [0.25, 0.3) is 0 Å². The molecule has 0 aromatic heterocycles. The molecule has 1 heterocycles. The van der Waals surface area contributed by atoms with Crippen LogP contribution in [0.5, 0.6) is 5.75 Å². The predicted molar refractivity (Wildman–Crippen MR) is 54.2 cm³/mol. The first-order chi connectivity index (χ1) is 6.86. The molecule has 0 aliphatic carbocycles. The van der Waals surface area contributed by atoms with Crippen molar-refractivity contribution in [1.82, 2.24) is 5.32 Å². The second-order valence-electron chi connectivity index (χ2n) is 3.55. The highest BCUT2D eigenvalue weighted by Crippen LogP contribution is 2.17. The number of aromatic hydroxyl groups is 1. The van der Waals surface area contributed by atoms with Gasteiger partial charge in [0, 0.05) is 12.1 Å². The van der Waals surface area contributed by atoms with Crippen molar-refractivity contribution in [2.75, 3.05) is 13.1 Å². The van der Waals surface area contributed by atoms with Crippen molar-refractivity contribution in [3.05, 3.63) is 29.8 Å². The lowest BCUT2D eigenvalue weighted by Gasteiger charge is -2.10. The Balaban J connectivity index is 1.88. The molecule has 1 aliphatic heterocycles. The van der Waals surface area contributed by atoms with Gasteiger partial charge in [-0.25, -0.2) is 0 Å².